The molecule has 0 aliphatic rings. The molecule has 16 heavy (non-hydrogen) atoms. The molecule has 96 valence electrons. The van der Waals surface area contributed by atoms with Gasteiger partial charge in [0.15, 0.2) is 0 Å². The van der Waals surface area contributed by atoms with Crippen LogP contribution in [0.15, 0.2) is 0 Å². The van der Waals surface area contributed by atoms with Gasteiger partial charge in [0, 0.05) is 11.9 Å². The van der Waals surface area contributed by atoms with Gasteiger partial charge in [0.2, 0.25) is 0 Å². The summed E-state index contributed by atoms with van der Waals surface area (Å²) in [6.45, 7) is 11.8. The van der Waals surface area contributed by atoms with Crippen molar-refractivity contribution in [2.75, 3.05) is 5.88 Å². The summed E-state index contributed by atoms with van der Waals surface area (Å²) >= 11 is 5.73. The lowest BCUT2D eigenvalue weighted by molar-refractivity contribution is 0.0462. The summed E-state index contributed by atoms with van der Waals surface area (Å²) in [5, 5.41) is 2.87. The van der Waals surface area contributed by atoms with Crippen LogP contribution in [-0.2, 0) is 4.74 Å². The molecule has 1 N–H and O–H groups in total. The van der Waals surface area contributed by atoms with Crippen LogP contribution in [0.1, 0.15) is 48.0 Å². The fourth-order valence-corrected chi connectivity index (χ4v) is 1.50. The van der Waals surface area contributed by atoms with Gasteiger partial charge in [0.05, 0.1) is 0 Å². The molecule has 0 rings (SSSR count). The van der Waals surface area contributed by atoms with Crippen molar-refractivity contribution < 1.29 is 9.53 Å². The van der Waals surface area contributed by atoms with E-state index in [-0.39, 0.29) is 17.6 Å². The van der Waals surface area contributed by atoms with E-state index in [2.05, 4.69) is 26.1 Å². The number of alkyl carbamates (subject to hydrolysis) is 1. The van der Waals surface area contributed by atoms with Crippen molar-refractivity contribution in [3.8, 4) is 0 Å². The lowest BCUT2D eigenvalue weighted by atomic mass is 9.85. The van der Waals surface area contributed by atoms with Crippen molar-refractivity contribution >= 4 is 17.7 Å². The highest BCUT2D eigenvalue weighted by atomic mass is 35.5. The van der Waals surface area contributed by atoms with Crippen LogP contribution in [0.4, 0.5) is 4.79 Å². The van der Waals surface area contributed by atoms with Crippen LogP contribution in [0.2, 0.25) is 0 Å². The lowest BCUT2D eigenvalue weighted by Crippen LogP contribution is -2.46. The van der Waals surface area contributed by atoms with Crippen molar-refractivity contribution in [1.29, 1.82) is 0 Å². The van der Waals surface area contributed by atoms with Crippen LogP contribution < -0.4 is 5.32 Å². The zero-order chi connectivity index (χ0) is 13.0. The molecule has 0 aliphatic carbocycles. The summed E-state index contributed by atoms with van der Waals surface area (Å²) in [6, 6.07) is 0.0276. The van der Waals surface area contributed by atoms with Crippen LogP contribution in [0, 0.1) is 5.41 Å². The van der Waals surface area contributed by atoms with Gasteiger partial charge in [0.25, 0.3) is 0 Å². The quantitative estimate of drug-likeness (QED) is 0.777. The summed E-state index contributed by atoms with van der Waals surface area (Å²) in [7, 11) is 0. The van der Waals surface area contributed by atoms with E-state index in [9.17, 15) is 4.79 Å². The molecule has 0 aliphatic heterocycles. The Labute approximate surface area is 104 Å². The van der Waals surface area contributed by atoms with Gasteiger partial charge in [0.1, 0.15) is 5.60 Å². The van der Waals surface area contributed by atoms with Crippen molar-refractivity contribution in [1.82, 2.24) is 5.32 Å². The summed E-state index contributed by atoms with van der Waals surface area (Å²) in [5.41, 5.74) is -0.487. The zero-order valence-corrected chi connectivity index (χ0v) is 11.9. The number of halogens is 1. The number of alkyl halides is 1. The van der Waals surface area contributed by atoms with Crippen LogP contribution in [-0.4, -0.2) is 23.6 Å². The highest BCUT2D eigenvalue weighted by Crippen LogP contribution is 2.22. The third kappa shape index (κ3) is 6.94. The Hall–Kier alpha value is -0.440. The number of ether oxygens (including phenoxy) is 1. The summed E-state index contributed by atoms with van der Waals surface area (Å²) in [5.74, 6) is 0.526. The van der Waals surface area contributed by atoms with Gasteiger partial charge >= 0.3 is 6.09 Å². The number of hydrogen-bond donors (Lipinski definition) is 1. The molecular formula is C12H24ClNO2. The van der Waals surface area contributed by atoms with E-state index in [1.807, 2.05) is 20.8 Å². The van der Waals surface area contributed by atoms with Gasteiger partial charge in [-0.15, -0.1) is 11.6 Å². The van der Waals surface area contributed by atoms with Crippen molar-refractivity contribution in [3.05, 3.63) is 0 Å². The van der Waals surface area contributed by atoms with Crippen molar-refractivity contribution in [2.24, 2.45) is 5.41 Å². The molecule has 0 aromatic rings. The molecule has 0 spiro atoms. The average Bonchev–Trinajstić information content (AvgIpc) is 1.97. The molecule has 0 bridgehead atoms. The standard InChI is InChI=1S/C12H24ClNO2/c1-11(2,3)9(7-8-13)14-10(15)16-12(4,5)6/h9H,7-8H2,1-6H3,(H,14,15). The predicted molar refractivity (Wildman–Crippen MR) is 67.9 cm³/mol. The monoisotopic (exact) mass is 249 g/mol. The predicted octanol–water partition coefficient (Wildman–Crippen LogP) is 3.55. The van der Waals surface area contributed by atoms with Crippen LogP contribution in [0.25, 0.3) is 0 Å². The molecule has 0 radical (unpaired) electrons. The van der Waals surface area contributed by atoms with Gasteiger partial charge in [-0.2, -0.15) is 0 Å². The smallest absolute Gasteiger partial charge is 0.407 e. The SMILES string of the molecule is CC(C)(C)OC(=O)NC(CCCl)C(C)(C)C. The topological polar surface area (TPSA) is 38.3 Å². The van der Waals surface area contributed by atoms with Gasteiger partial charge in [-0.1, -0.05) is 20.8 Å². The molecule has 3 nitrogen and oxygen atoms in total. The van der Waals surface area contributed by atoms with E-state index in [1.54, 1.807) is 0 Å². The Balaban J connectivity index is 4.36. The molecule has 0 heterocycles. The maximum absolute atomic E-state index is 11.6. The van der Waals surface area contributed by atoms with Crippen molar-refractivity contribution in [3.63, 3.8) is 0 Å². The van der Waals surface area contributed by atoms with E-state index in [0.717, 1.165) is 6.42 Å². The number of rotatable bonds is 3. The van der Waals surface area contributed by atoms with Crippen LogP contribution >= 0.6 is 11.6 Å². The maximum Gasteiger partial charge on any atom is 0.407 e. The molecule has 0 fully saturated rings. The third-order valence-corrected chi connectivity index (χ3v) is 2.35. The number of nitrogens with one attached hydrogen (secondary N) is 1. The second kappa shape index (κ2) is 5.76. The Kier molecular flexibility index (Phi) is 5.60. The fraction of sp³-hybridized carbons (Fsp3) is 0.917. The Morgan fingerprint density at radius 3 is 2.06 bits per heavy atom. The fourth-order valence-electron chi connectivity index (χ4n) is 1.28. The Morgan fingerprint density at radius 2 is 1.75 bits per heavy atom. The van der Waals surface area contributed by atoms with Crippen LogP contribution in [0.3, 0.4) is 0 Å². The normalized spacial score (nSPS) is 14.4. The summed E-state index contributed by atoms with van der Waals surface area (Å²) in [4.78, 5) is 11.6. The van der Waals surface area contributed by atoms with Gasteiger partial charge in [-0.05, 0) is 32.6 Å². The first kappa shape index (κ1) is 15.6. The second-order valence-corrected chi connectivity index (χ2v) is 6.42. The minimum atomic E-state index is -0.465. The lowest BCUT2D eigenvalue weighted by Gasteiger charge is -2.32. The first-order valence-electron chi connectivity index (χ1n) is 5.62. The number of carbonyl (C=O) groups excluding carboxylic acids is 1. The molecule has 0 saturated carbocycles. The largest absolute Gasteiger partial charge is 0.444 e. The summed E-state index contributed by atoms with van der Waals surface area (Å²) < 4.78 is 5.22. The van der Waals surface area contributed by atoms with Gasteiger partial charge < -0.3 is 10.1 Å². The maximum atomic E-state index is 11.6. The van der Waals surface area contributed by atoms with E-state index in [1.165, 1.54) is 0 Å². The first-order valence-corrected chi connectivity index (χ1v) is 6.15. The molecular weight excluding hydrogens is 226 g/mol. The van der Waals surface area contributed by atoms with Gasteiger partial charge in [-0.25, -0.2) is 4.79 Å². The zero-order valence-electron chi connectivity index (χ0n) is 11.2. The number of hydrogen-bond acceptors (Lipinski definition) is 2. The Bertz CT molecular complexity index is 228. The van der Waals surface area contributed by atoms with Gasteiger partial charge in [-0.3, -0.25) is 0 Å². The molecule has 1 atom stereocenters. The van der Waals surface area contributed by atoms with E-state index in [4.69, 9.17) is 16.3 Å². The molecule has 0 aromatic carbocycles. The van der Waals surface area contributed by atoms with Crippen LogP contribution in [0.5, 0.6) is 0 Å². The minimum Gasteiger partial charge on any atom is -0.444 e. The molecule has 4 heteroatoms. The first-order chi connectivity index (χ1) is 7.06. The number of carbonyl (C=O) groups is 1. The minimum absolute atomic E-state index is 0.0220. The van der Waals surface area contributed by atoms with Crippen molar-refractivity contribution in [2.45, 2.75) is 59.6 Å². The van der Waals surface area contributed by atoms with E-state index in [0.29, 0.717) is 5.88 Å². The second-order valence-electron chi connectivity index (χ2n) is 6.04. The Morgan fingerprint density at radius 1 is 1.25 bits per heavy atom. The van der Waals surface area contributed by atoms with E-state index >= 15 is 0 Å². The number of amides is 1. The molecule has 1 unspecified atom stereocenters. The molecule has 1 amide bonds. The third-order valence-electron chi connectivity index (χ3n) is 2.13. The highest BCUT2D eigenvalue weighted by Gasteiger charge is 2.27. The molecule has 0 saturated heterocycles. The van der Waals surface area contributed by atoms with E-state index < -0.39 is 5.60 Å². The average molecular weight is 250 g/mol. The molecule has 0 aromatic heterocycles. The highest BCUT2D eigenvalue weighted by molar-refractivity contribution is 6.17. The summed E-state index contributed by atoms with van der Waals surface area (Å²) in [6.07, 6.45) is 0.363.